The molecule has 126 valence electrons. The van der Waals surface area contributed by atoms with Gasteiger partial charge in [0.25, 0.3) is 5.91 Å². The van der Waals surface area contributed by atoms with Crippen molar-refractivity contribution in [3.8, 4) is 0 Å². The van der Waals surface area contributed by atoms with Crippen LogP contribution in [0.2, 0.25) is 0 Å². The molecule has 2 aromatic rings. The van der Waals surface area contributed by atoms with Gasteiger partial charge >= 0.3 is 0 Å². The lowest BCUT2D eigenvalue weighted by molar-refractivity contribution is 0.102. The van der Waals surface area contributed by atoms with Crippen molar-refractivity contribution < 1.29 is 9.18 Å². The van der Waals surface area contributed by atoms with Crippen LogP contribution in [0.1, 0.15) is 16.2 Å². The predicted octanol–water partition coefficient (Wildman–Crippen LogP) is 1.93. The number of carbonyl (C=O) groups excluding carboxylic acids is 1. The molecule has 0 unspecified atom stereocenters. The van der Waals surface area contributed by atoms with E-state index < -0.39 is 5.82 Å². The zero-order valence-corrected chi connectivity index (χ0v) is 13.8. The molecule has 7 heteroatoms. The van der Waals surface area contributed by atoms with Crippen molar-refractivity contribution in [1.82, 2.24) is 14.9 Å². The maximum absolute atomic E-state index is 13.2. The van der Waals surface area contributed by atoms with E-state index in [9.17, 15) is 9.18 Å². The average Bonchev–Trinajstić information content (AvgIpc) is 2.55. The summed E-state index contributed by atoms with van der Waals surface area (Å²) >= 11 is 0. The van der Waals surface area contributed by atoms with Gasteiger partial charge in [0.05, 0.1) is 0 Å². The van der Waals surface area contributed by atoms with E-state index in [2.05, 4.69) is 32.1 Å². The Bertz CT molecular complexity index is 744. The third kappa shape index (κ3) is 3.86. The summed E-state index contributed by atoms with van der Waals surface area (Å²) in [5.41, 5.74) is 1.40. The average molecular weight is 329 g/mol. The van der Waals surface area contributed by atoms with Crippen LogP contribution in [0.3, 0.4) is 0 Å². The van der Waals surface area contributed by atoms with Gasteiger partial charge in [0.2, 0.25) is 5.95 Å². The molecule has 1 fully saturated rings. The number of anilines is 2. The van der Waals surface area contributed by atoms with E-state index in [-0.39, 0.29) is 11.6 Å². The van der Waals surface area contributed by atoms with Gasteiger partial charge < -0.3 is 15.1 Å². The molecule has 1 aliphatic rings. The lowest BCUT2D eigenvalue weighted by Crippen LogP contribution is -2.45. The summed E-state index contributed by atoms with van der Waals surface area (Å²) in [6, 6.07) is 7.42. The molecule has 1 saturated heterocycles. The van der Waals surface area contributed by atoms with E-state index in [4.69, 9.17) is 0 Å². The van der Waals surface area contributed by atoms with Gasteiger partial charge in [-0.1, -0.05) is 6.07 Å². The summed E-state index contributed by atoms with van der Waals surface area (Å²) in [6.07, 6.45) is 0. The van der Waals surface area contributed by atoms with Crippen LogP contribution in [0.4, 0.5) is 16.0 Å². The number of hydrogen-bond acceptors (Lipinski definition) is 5. The van der Waals surface area contributed by atoms with Crippen molar-refractivity contribution in [2.75, 3.05) is 43.4 Å². The molecule has 1 aromatic heterocycles. The minimum Gasteiger partial charge on any atom is -0.338 e. The number of aryl methyl sites for hydroxylation is 1. The second-order valence-electron chi connectivity index (χ2n) is 5.95. The Hall–Kier alpha value is -2.54. The standard InChI is InChI=1S/C17H20FN5O/c1-12-10-15(16(24)20-14-5-3-4-13(18)11-14)21-17(19-12)23-8-6-22(2)7-9-23/h3-5,10-11H,6-9H2,1-2H3,(H,20,24). The summed E-state index contributed by atoms with van der Waals surface area (Å²) in [5, 5.41) is 2.67. The Kier molecular flexibility index (Phi) is 4.71. The van der Waals surface area contributed by atoms with Crippen molar-refractivity contribution in [2.24, 2.45) is 0 Å². The normalized spacial score (nSPS) is 15.4. The van der Waals surface area contributed by atoms with Crippen molar-refractivity contribution >= 4 is 17.5 Å². The monoisotopic (exact) mass is 329 g/mol. The molecule has 0 aliphatic carbocycles. The number of piperazine rings is 1. The SMILES string of the molecule is Cc1cc(C(=O)Nc2cccc(F)c2)nc(N2CCN(C)CC2)n1. The van der Waals surface area contributed by atoms with Gasteiger partial charge in [-0.15, -0.1) is 0 Å². The summed E-state index contributed by atoms with van der Waals surface area (Å²) in [4.78, 5) is 25.6. The van der Waals surface area contributed by atoms with Crippen LogP contribution in [-0.4, -0.2) is 54.0 Å². The van der Waals surface area contributed by atoms with Crippen LogP contribution in [0.15, 0.2) is 30.3 Å². The number of halogens is 1. The minimum absolute atomic E-state index is 0.278. The molecule has 1 N–H and O–H groups in total. The first-order chi connectivity index (χ1) is 11.5. The second-order valence-corrected chi connectivity index (χ2v) is 5.95. The Balaban J connectivity index is 1.79. The van der Waals surface area contributed by atoms with Gasteiger partial charge in [-0.3, -0.25) is 4.79 Å². The maximum atomic E-state index is 13.2. The molecule has 0 atom stereocenters. The third-order valence-corrected chi connectivity index (χ3v) is 3.94. The van der Waals surface area contributed by atoms with Gasteiger partial charge in [0, 0.05) is 37.6 Å². The maximum Gasteiger partial charge on any atom is 0.274 e. The van der Waals surface area contributed by atoms with Crippen LogP contribution < -0.4 is 10.2 Å². The number of nitrogens with zero attached hydrogens (tertiary/aromatic N) is 4. The van der Waals surface area contributed by atoms with E-state index in [0.29, 0.717) is 11.6 Å². The van der Waals surface area contributed by atoms with Gasteiger partial charge in [-0.2, -0.15) is 0 Å². The van der Waals surface area contributed by atoms with E-state index in [1.165, 1.54) is 12.1 Å². The highest BCUT2D eigenvalue weighted by atomic mass is 19.1. The molecule has 0 radical (unpaired) electrons. The molecule has 24 heavy (non-hydrogen) atoms. The molecular weight excluding hydrogens is 309 g/mol. The molecule has 1 aromatic carbocycles. The highest BCUT2D eigenvalue weighted by Crippen LogP contribution is 2.15. The van der Waals surface area contributed by atoms with Crippen molar-refractivity contribution in [3.63, 3.8) is 0 Å². The van der Waals surface area contributed by atoms with Crippen LogP contribution in [-0.2, 0) is 0 Å². The smallest absolute Gasteiger partial charge is 0.274 e. The number of carbonyl (C=O) groups is 1. The number of likely N-dealkylation sites (N-methyl/N-ethyl adjacent to an activating group) is 1. The number of nitrogens with one attached hydrogen (secondary N) is 1. The Morgan fingerprint density at radius 3 is 2.62 bits per heavy atom. The predicted molar refractivity (Wildman–Crippen MR) is 90.8 cm³/mol. The van der Waals surface area contributed by atoms with Crippen LogP contribution in [0.5, 0.6) is 0 Å². The summed E-state index contributed by atoms with van der Waals surface area (Å²) in [5.74, 6) is -0.209. The lowest BCUT2D eigenvalue weighted by Gasteiger charge is -2.32. The zero-order valence-electron chi connectivity index (χ0n) is 13.8. The third-order valence-electron chi connectivity index (χ3n) is 3.94. The number of rotatable bonds is 3. The fraction of sp³-hybridized carbons (Fsp3) is 0.353. The van der Waals surface area contributed by atoms with Gasteiger partial charge in [0.1, 0.15) is 11.5 Å². The summed E-state index contributed by atoms with van der Waals surface area (Å²) in [6.45, 7) is 5.35. The van der Waals surface area contributed by atoms with E-state index in [1.807, 2.05) is 6.92 Å². The van der Waals surface area contributed by atoms with Crippen molar-refractivity contribution in [1.29, 1.82) is 0 Å². The van der Waals surface area contributed by atoms with E-state index in [0.717, 1.165) is 31.9 Å². The molecule has 0 saturated carbocycles. The first-order valence-corrected chi connectivity index (χ1v) is 7.87. The molecule has 0 spiro atoms. The van der Waals surface area contributed by atoms with Gasteiger partial charge in [0.15, 0.2) is 0 Å². The van der Waals surface area contributed by atoms with Crippen LogP contribution in [0, 0.1) is 12.7 Å². The highest BCUT2D eigenvalue weighted by molar-refractivity contribution is 6.03. The van der Waals surface area contributed by atoms with Crippen molar-refractivity contribution in [3.05, 3.63) is 47.5 Å². The summed E-state index contributed by atoms with van der Waals surface area (Å²) < 4.78 is 13.2. The van der Waals surface area contributed by atoms with Crippen LogP contribution >= 0.6 is 0 Å². The molecule has 0 bridgehead atoms. The molecule has 3 rings (SSSR count). The Morgan fingerprint density at radius 1 is 1.17 bits per heavy atom. The molecule has 1 aliphatic heterocycles. The molecule has 2 heterocycles. The fourth-order valence-electron chi connectivity index (χ4n) is 2.58. The first-order valence-electron chi connectivity index (χ1n) is 7.87. The summed E-state index contributed by atoms with van der Waals surface area (Å²) in [7, 11) is 2.08. The fourth-order valence-corrected chi connectivity index (χ4v) is 2.58. The number of aromatic nitrogens is 2. The number of benzene rings is 1. The molecule has 6 nitrogen and oxygen atoms in total. The topological polar surface area (TPSA) is 61.4 Å². The number of amides is 1. The first kappa shape index (κ1) is 16.3. The van der Waals surface area contributed by atoms with Gasteiger partial charge in [-0.25, -0.2) is 14.4 Å². The molecular formula is C17H20FN5O. The van der Waals surface area contributed by atoms with Gasteiger partial charge in [-0.05, 0) is 38.2 Å². The highest BCUT2D eigenvalue weighted by Gasteiger charge is 2.19. The van der Waals surface area contributed by atoms with Crippen molar-refractivity contribution in [2.45, 2.75) is 6.92 Å². The minimum atomic E-state index is -0.398. The molecule has 1 amide bonds. The van der Waals surface area contributed by atoms with E-state index >= 15 is 0 Å². The lowest BCUT2D eigenvalue weighted by atomic mass is 10.2. The Morgan fingerprint density at radius 2 is 1.92 bits per heavy atom. The quantitative estimate of drug-likeness (QED) is 0.932. The van der Waals surface area contributed by atoms with E-state index in [1.54, 1.807) is 18.2 Å². The number of hydrogen-bond donors (Lipinski definition) is 1. The Labute approximate surface area is 140 Å². The zero-order chi connectivity index (χ0) is 17.1. The van der Waals surface area contributed by atoms with Crippen LogP contribution in [0.25, 0.3) is 0 Å². The largest absolute Gasteiger partial charge is 0.338 e. The second kappa shape index (κ2) is 6.92.